The van der Waals surface area contributed by atoms with Gasteiger partial charge in [-0.1, -0.05) is 28.1 Å². The second kappa shape index (κ2) is 6.38. The summed E-state index contributed by atoms with van der Waals surface area (Å²) < 4.78 is 75.7. The van der Waals surface area contributed by atoms with E-state index < -0.39 is 45.3 Å². The molecule has 0 radical (unpaired) electrons. The third-order valence-corrected chi connectivity index (χ3v) is 3.35. The quantitative estimate of drug-likeness (QED) is 0.305. The molecule has 0 aliphatic rings. The highest BCUT2D eigenvalue weighted by Gasteiger charge is 2.41. The minimum atomic E-state index is -5.04. The molecule has 0 saturated carbocycles. The number of halogens is 7. The molecule has 0 heterocycles. The number of hydrogen-bond acceptors (Lipinski definition) is 2. The molecule has 112 valence electrons. The maximum atomic E-state index is 12.9. The van der Waals surface area contributed by atoms with Gasteiger partial charge in [0.15, 0.2) is 5.78 Å². The highest BCUT2D eigenvalue weighted by atomic mass is 79.9. The Hall–Kier alpha value is -0.700. The van der Waals surface area contributed by atoms with Gasteiger partial charge >= 0.3 is 11.7 Å². The third-order valence-electron chi connectivity index (χ3n) is 2.16. The van der Waals surface area contributed by atoms with Crippen molar-refractivity contribution in [1.29, 1.82) is 0 Å². The number of hydrogen-bond donors (Lipinski definition) is 0. The van der Waals surface area contributed by atoms with Crippen LogP contribution in [0.4, 0.5) is 26.3 Å². The van der Waals surface area contributed by atoms with Gasteiger partial charge in [0, 0.05) is 22.2 Å². The van der Waals surface area contributed by atoms with Crippen LogP contribution in [0.15, 0.2) is 23.1 Å². The van der Waals surface area contributed by atoms with Crippen molar-refractivity contribution in [3.63, 3.8) is 0 Å². The van der Waals surface area contributed by atoms with Gasteiger partial charge in [-0.2, -0.15) is 26.3 Å². The Kier molecular flexibility index (Phi) is 5.54. The molecule has 0 aliphatic carbocycles. The monoisotopic (exact) mass is 380 g/mol. The Balaban J connectivity index is 3.39. The first-order valence-corrected chi connectivity index (χ1v) is 7.05. The first kappa shape index (κ1) is 17.4. The van der Waals surface area contributed by atoms with Gasteiger partial charge in [0.25, 0.3) is 0 Å². The van der Waals surface area contributed by atoms with E-state index in [1.165, 1.54) is 0 Å². The Bertz CT molecular complexity index is 497. The first-order valence-electron chi connectivity index (χ1n) is 5.11. The first-order chi connectivity index (χ1) is 9.06. The van der Waals surface area contributed by atoms with Crippen LogP contribution in [-0.2, 0) is 6.18 Å². The fourth-order valence-electron chi connectivity index (χ4n) is 1.49. The van der Waals surface area contributed by atoms with Gasteiger partial charge in [-0.15, -0.1) is 0 Å². The van der Waals surface area contributed by atoms with Crippen LogP contribution in [0.3, 0.4) is 0 Å². The summed E-state index contributed by atoms with van der Waals surface area (Å²) in [4.78, 5) is 10.6. The van der Waals surface area contributed by atoms with E-state index in [-0.39, 0.29) is 11.8 Å². The minimum absolute atomic E-state index is 0.125. The van der Waals surface area contributed by atoms with Crippen molar-refractivity contribution < 1.29 is 31.1 Å². The molecule has 20 heavy (non-hydrogen) atoms. The summed E-state index contributed by atoms with van der Waals surface area (Å²) in [5, 5.41) is 0.125. The van der Waals surface area contributed by atoms with Gasteiger partial charge < -0.3 is 0 Å². The average molecular weight is 381 g/mol. The van der Waals surface area contributed by atoms with Crippen LogP contribution in [0, 0.1) is 0 Å². The van der Waals surface area contributed by atoms with Crippen LogP contribution < -0.4 is 0 Å². The van der Waals surface area contributed by atoms with Crippen molar-refractivity contribution in [2.24, 2.45) is 0 Å². The van der Waals surface area contributed by atoms with Crippen molar-refractivity contribution in [2.45, 2.75) is 23.0 Å². The fraction of sp³-hybridized carbons (Fsp3) is 0.364. The molecule has 0 saturated heterocycles. The molecule has 0 atom stereocenters. The maximum Gasteiger partial charge on any atom is 0.446 e. The molecule has 0 aromatic heterocycles. The zero-order chi connectivity index (χ0) is 15.6. The van der Waals surface area contributed by atoms with E-state index in [9.17, 15) is 31.1 Å². The van der Waals surface area contributed by atoms with E-state index in [0.29, 0.717) is 6.07 Å². The van der Waals surface area contributed by atoms with Gasteiger partial charge in [0.05, 0.1) is 5.56 Å². The Labute approximate surface area is 122 Å². The zero-order valence-electron chi connectivity index (χ0n) is 9.61. The average Bonchev–Trinajstić information content (AvgIpc) is 2.25. The lowest BCUT2D eigenvalue weighted by Gasteiger charge is -2.17. The lowest BCUT2D eigenvalue weighted by atomic mass is 10.0. The van der Waals surface area contributed by atoms with Crippen LogP contribution >= 0.6 is 27.7 Å². The summed E-state index contributed by atoms with van der Waals surface area (Å²) in [6, 6.07) is 2.59. The van der Waals surface area contributed by atoms with E-state index in [4.69, 9.17) is 0 Å². The van der Waals surface area contributed by atoms with Gasteiger partial charge in [0.1, 0.15) is 0 Å². The lowest BCUT2D eigenvalue weighted by Crippen LogP contribution is -2.16. The molecule has 0 amide bonds. The molecule has 1 rings (SSSR count). The molecule has 1 nitrogen and oxygen atoms in total. The second-order valence-corrected chi connectivity index (χ2v) is 5.49. The fourth-order valence-corrected chi connectivity index (χ4v) is 2.57. The van der Waals surface area contributed by atoms with Crippen molar-refractivity contribution in [3.8, 4) is 0 Å². The number of benzene rings is 1. The number of ketones is 1. The molecule has 1 aromatic rings. The topological polar surface area (TPSA) is 17.1 Å². The molecular weight excluding hydrogens is 374 g/mol. The van der Waals surface area contributed by atoms with Gasteiger partial charge in [-0.3, -0.25) is 4.79 Å². The molecule has 0 fully saturated rings. The lowest BCUT2D eigenvalue weighted by molar-refractivity contribution is -0.140. The van der Waals surface area contributed by atoms with Crippen LogP contribution in [-0.4, -0.2) is 16.6 Å². The Morgan fingerprint density at radius 3 is 2.20 bits per heavy atom. The SMILES string of the molecule is O=C(CCBr)c1cccc(SC(F)(F)F)c1C(F)(F)F. The van der Waals surface area contributed by atoms with Crippen LogP contribution in [0.1, 0.15) is 22.3 Å². The predicted molar refractivity (Wildman–Crippen MR) is 66.1 cm³/mol. The molecule has 0 aliphatic heterocycles. The number of thioether (sulfide) groups is 1. The van der Waals surface area contributed by atoms with Crippen molar-refractivity contribution in [3.05, 3.63) is 29.3 Å². The van der Waals surface area contributed by atoms with Gasteiger partial charge in [0.2, 0.25) is 0 Å². The molecule has 1 aromatic carbocycles. The van der Waals surface area contributed by atoms with E-state index in [1.54, 1.807) is 0 Å². The normalized spacial score (nSPS) is 12.6. The largest absolute Gasteiger partial charge is 0.446 e. The number of rotatable bonds is 4. The van der Waals surface area contributed by atoms with E-state index in [2.05, 4.69) is 15.9 Å². The maximum absolute atomic E-state index is 12.9. The summed E-state index contributed by atoms with van der Waals surface area (Å²) >= 11 is 2.02. The van der Waals surface area contributed by atoms with Crippen LogP contribution in [0.5, 0.6) is 0 Å². The molecule has 0 spiro atoms. The molecule has 0 N–H and O–H groups in total. The number of carbonyl (C=O) groups excluding carboxylic acids is 1. The minimum Gasteiger partial charge on any atom is -0.294 e. The second-order valence-electron chi connectivity index (χ2n) is 3.59. The van der Waals surface area contributed by atoms with E-state index in [0.717, 1.165) is 12.1 Å². The van der Waals surface area contributed by atoms with Crippen molar-refractivity contribution in [2.75, 3.05) is 5.33 Å². The number of Topliss-reactive ketones (excluding diaryl/α,β-unsaturated/α-hetero) is 1. The zero-order valence-corrected chi connectivity index (χ0v) is 12.0. The standard InChI is InChI=1S/C11H7BrF6OS/c12-5-4-7(19)6-2-1-3-8(20-11(16,17)18)9(6)10(13,14)15/h1-3H,4-5H2. The molecule has 0 unspecified atom stereocenters. The highest BCUT2D eigenvalue weighted by molar-refractivity contribution is 9.09. The van der Waals surface area contributed by atoms with E-state index >= 15 is 0 Å². The summed E-state index contributed by atoms with van der Waals surface area (Å²) in [7, 11) is 0. The van der Waals surface area contributed by atoms with Gasteiger partial charge in [-0.05, 0) is 17.8 Å². The van der Waals surface area contributed by atoms with Crippen LogP contribution in [0.25, 0.3) is 0 Å². The molecule has 0 bridgehead atoms. The number of carbonyl (C=O) groups is 1. The molecule has 9 heteroatoms. The van der Waals surface area contributed by atoms with Crippen molar-refractivity contribution in [1.82, 2.24) is 0 Å². The Morgan fingerprint density at radius 1 is 1.15 bits per heavy atom. The molecular formula is C11H7BrF6OS. The van der Waals surface area contributed by atoms with Crippen LogP contribution in [0.2, 0.25) is 0 Å². The van der Waals surface area contributed by atoms with Gasteiger partial charge in [-0.25, -0.2) is 0 Å². The Morgan fingerprint density at radius 2 is 1.75 bits per heavy atom. The summed E-state index contributed by atoms with van der Waals surface area (Å²) in [6.45, 7) is 0. The predicted octanol–water partition coefficient (Wildman–Crippen LogP) is 5.29. The third kappa shape index (κ3) is 4.69. The summed E-state index contributed by atoms with van der Waals surface area (Å²) in [5.41, 5.74) is -7.14. The summed E-state index contributed by atoms with van der Waals surface area (Å²) in [5.74, 6) is -0.862. The smallest absolute Gasteiger partial charge is 0.294 e. The highest BCUT2D eigenvalue weighted by Crippen LogP contribution is 2.45. The summed E-state index contributed by atoms with van der Waals surface area (Å²) in [6.07, 6.45) is -5.27. The van der Waals surface area contributed by atoms with Crippen molar-refractivity contribution >= 4 is 33.5 Å². The number of alkyl halides is 7. The van der Waals surface area contributed by atoms with E-state index in [1.807, 2.05) is 0 Å².